The van der Waals surface area contributed by atoms with Crippen molar-refractivity contribution in [2.45, 2.75) is 375 Å². The van der Waals surface area contributed by atoms with Gasteiger partial charge in [-0.05, 0) is 81.6 Å². The van der Waals surface area contributed by atoms with Gasteiger partial charge in [0, 0.05) is 0 Å². The molecule has 0 aliphatic rings. The summed E-state index contributed by atoms with van der Waals surface area (Å²) in [6, 6.07) is -3.28. The number of unbranched alkanes of at least 4 members (excludes halogenated alkanes) is 33. The van der Waals surface area contributed by atoms with Gasteiger partial charge >= 0.3 is 36.2 Å². The minimum absolute atomic E-state index is 0.254. The Kier molecular flexibility index (Phi) is 46.3. The lowest BCUT2D eigenvalue weighted by Crippen LogP contribution is -2.48. The molecule has 3 amide bonds. The van der Waals surface area contributed by atoms with Crippen molar-refractivity contribution in [3.63, 3.8) is 0 Å². The maximum atomic E-state index is 14.3. The summed E-state index contributed by atoms with van der Waals surface area (Å²) >= 11 is 0. The molecular formula is C66H125N3O12. The highest BCUT2D eigenvalue weighted by molar-refractivity contribution is 5.83. The smallest absolute Gasteiger partial charge is 0.408 e. The summed E-state index contributed by atoms with van der Waals surface area (Å²) in [5, 5.41) is 8.10. The molecule has 0 bridgehead atoms. The third-order valence-electron chi connectivity index (χ3n) is 14.1. The summed E-state index contributed by atoms with van der Waals surface area (Å²) in [6.07, 6.45) is 37.9. The summed E-state index contributed by atoms with van der Waals surface area (Å²) in [5.41, 5.74) is -2.48. The Bertz CT molecular complexity index is 1530. The molecular weight excluding hydrogens is 1030 g/mol. The third kappa shape index (κ3) is 50.5. The molecule has 0 saturated carbocycles. The molecule has 15 heteroatoms. The van der Waals surface area contributed by atoms with Crippen molar-refractivity contribution in [2.24, 2.45) is 0 Å². The Morgan fingerprint density at radius 1 is 0.296 bits per heavy atom. The van der Waals surface area contributed by atoms with Gasteiger partial charge in [0.2, 0.25) is 0 Å². The Labute approximate surface area is 495 Å². The monoisotopic (exact) mass is 1150 g/mol. The van der Waals surface area contributed by atoms with E-state index in [1.54, 1.807) is 62.3 Å². The van der Waals surface area contributed by atoms with E-state index < -0.39 is 90.4 Å². The molecule has 3 unspecified atom stereocenters. The van der Waals surface area contributed by atoms with E-state index >= 15 is 0 Å². The molecule has 0 radical (unpaired) electrons. The van der Waals surface area contributed by atoms with Crippen LogP contribution in [0.1, 0.15) is 333 Å². The first-order valence-corrected chi connectivity index (χ1v) is 33.0. The predicted molar refractivity (Wildman–Crippen MR) is 328 cm³/mol. The molecule has 0 heterocycles. The van der Waals surface area contributed by atoms with E-state index in [9.17, 15) is 28.8 Å². The number of carbonyl (C=O) groups excluding carboxylic acids is 6. The van der Waals surface area contributed by atoms with Gasteiger partial charge in [-0.3, -0.25) is 0 Å². The van der Waals surface area contributed by atoms with Crippen LogP contribution < -0.4 is 16.0 Å². The van der Waals surface area contributed by atoms with Crippen molar-refractivity contribution >= 4 is 36.2 Å². The molecule has 3 N–H and O–H groups in total. The number of hydrogen-bond acceptors (Lipinski definition) is 12. The van der Waals surface area contributed by atoms with Crippen LogP contribution in [0.3, 0.4) is 0 Å². The molecule has 0 spiro atoms. The van der Waals surface area contributed by atoms with Crippen LogP contribution in [0.5, 0.6) is 0 Å². The number of rotatable bonds is 50. The van der Waals surface area contributed by atoms with Gasteiger partial charge in [0.25, 0.3) is 0 Å². The lowest BCUT2D eigenvalue weighted by Gasteiger charge is -2.26. The summed E-state index contributed by atoms with van der Waals surface area (Å²) in [4.78, 5) is 81.7. The van der Waals surface area contributed by atoms with Crippen molar-refractivity contribution in [3.8, 4) is 0 Å². The normalized spacial score (nSPS) is 13.3. The highest BCUT2D eigenvalue weighted by Gasteiger charge is 2.32. The van der Waals surface area contributed by atoms with Gasteiger partial charge in [0.05, 0.1) is 0 Å². The van der Waals surface area contributed by atoms with E-state index in [2.05, 4.69) is 36.7 Å². The molecule has 0 aromatic carbocycles. The largest absolute Gasteiger partial charge is 0.460 e. The standard InChI is InChI=1S/C66H125N3O12/c1-13-16-19-22-25-28-31-34-37-40-43-46-49-55(67-61(73)79-64(4,5)6)58(70)76-52-54(78-60(72)57(69-63(75)81-66(10,11)12)51-48-45-42-39-36-33-30-27-24-21-18-15-3)53-77-59(71)56(68-62(74)80-65(7,8)9)50-47-44-41-38-35-32-29-26-23-20-17-14-2/h54-57H,13-53H2,1-12H3,(H,67,73)(H,68,74)(H,69,75). The molecule has 15 nitrogen and oxygen atoms in total. The van der Waals surface area contributed by atoms with Gasteiger partial charge in [0.1, 0.15) is 48.1 Å². The van der Waals surface area contributed by atoms with Crippen LogP contribution in [0.4, 0.5) is 14.4 Å². The van der Waals surface area contributed by atoms with E-state index in [0.29, 0.717) is 19.3 Å². The zero-order chi connectivity index (χ0) is 60.6. The summed E-state index contributed by atoms with van der Waals surface area (Å²) < 4.78 is 34.3. The lowest BCUT2D eigenvalue weighted by atomic mass is 10.0. The number of alkyl carbamates (subject to hydrolysis) is 3. The highest BCUT2D eigenvalue weighted by Crippen LogP contribution is 2.19. The Hall–Kier alpha value is -3.78. The summed E-state index contributed by atoms with van der Waals surface area (Å²) in [5.74, 6) is -2.36. The molecule has 3 atom stereocenters. The average Bonchev–Trinajstić information content (AvgIpc) is 3.38. The molecule has 81 heavy (non-hydrogen) atoms. The predicted octanol–water partition coefficient (Wildman–Crippen LogP) is 17.9. The Morgan fingerprint density at radius 3 is 0.704 bits per heavy atom. The SMILES string of the molecule is CCCCCCCCCCCCCCC(NC(=O)OC(C)(C)C)C(=O)OCC(COC(=O)C(CCCCCCCCCCCCCC)NC(=O)OC(C)(C)C)OC(=O)C(CCCCCCCCCCCCCC)NC(=O)OC(C)(C)C. The minimum atomic E-state index is -1.34. The van der Waals surface area contributed by atoms with Gasteiger partial charge in [0.15, 0.2) is 6.10 Å². The van der Waals surface area contributed by atoms with Gasteiger partial charge in [-0.1, -0.05) is 252 Å². The van der Waals surface area contributed by atoms with Gasteiger partial charge in [-0.2, -0.15) is 0 Å². The first-order chi connectivity index (χ1) is 38.5. The maximum Gasteiger partial charge on any atom is 0.408 e. The van der Waals surface area contributed by atoms with E-state index in [-0.39, 0.29) is 19.3 Å². The topological polar surface area (TPSA) is 194 Å². The zero-order valence-electron chi connectivity index (χ0n) is 54.2. The van der Waals surface area contributed by atoms with Crippen LogP contribution in [0, 0.1) is 0 Å². The quantitative estimate of drug-likeness (QED) is 0.0297. The fraction of sp³-hybridized carbons (Fsp3) is 0.909. The van der Waals surface area contributed by atoms with E-state index in [1.165, 1.54) is 135 Å². The van der Waals surface area contributed by atoms with E-state index in [4.69, 9.17) is 28.4 Å². The number of ether oxygens (including phenoxy) is 6. The minimum Gasteiger partial charge on any atom is -0.460 e. The fourth-order valence-corrected chi connectivity index (χ4v) is 9.58. The molecule has 476 valence electrons. The zero-order valence-corrected chi connectivity index (χ0v) is 54.2. The van der Waals surface area contributed by atoms with Crippen molar-refractivity contribution in [1.29, 1.82) is 0 Å². The molecule has 0 aromatic rings. The molecule has 0 aliphatic carbocycles. The van der Waals surface area contributed by atoms with Gasteiger partial charge in [-0.25, -0.2) is 28.8 Å². The van der Waals surface area contributed by atoms with E-state index in [0.717, 1.165) is 77.0 Å². The third-order valence-corrected chi connectivity index (χ3v) is 14.1. The number of hydrogen-bond donors (Lipinski definition) is 3. The van der Waals surface area contributed by atoms with E-state index in [1.807, 2.05) is 0 Å². The first kappa shape index (κ1) is 77.2. The molecule has 0 aromatic heterocycles. The maximum absolute atomic E-state index is 14.3. The number of nitrogens with one attached hydrogen (secondary N) is 3. The Balaban J connectivity index is 6.38. The second-order valence-electron chi connectivity index (χ2n) is 25.9. The number of carbonyl (C=O) groups is 6. The van der Waals surface area contributed by atoms with Crippen LogP contribution in [0.25, 0.3) is 0 Å². The Morgan fingerprint density at radius 2 is 0.494 bits per heavy atom. The number of amides is 3. The number of esters is 3. The highest BCUT2D eigenvalue weighted by atomic mass is 16.6. The average molecular weight is 1150 g/mol. The van der Waals surface area contributed by atoms with Crippen LogP contribution in [-0.4, -0.2) is 90.4 Å². The van der Waals surface area contributed by atoms with Crippen LogP contribution in [0.2, 0.25) is 0 Å². The van der Waals surface area contributed by atoms with Crippen LogP contribution in [-0.2, 0) is 42.8 Å². The molecule has 0 rings (SSSR count). The second kappa shape index (κ2) is 48.6. The van der Waals surface area contributed by atoms with Crippen molar-refractivity contribution < 1.29 is 57.2 Å². The molecule has 0 fully saturated rings. The van der Waals surface area contributed by atoms with Crippen molar-refractivity contribution in [2.75, 3.05) is 13.2 Å². The second-order valence-corrected chi connectivity index (χ2v) is 25.9. The molecule has 0 aliphatic heterocycles. The van der Waals surface area contributed by atoms with Crippen LogP contribution >= 0.6 is 0 Å². The first-order valence-electron chi connectivity index (χ1n) is 33.0. The van der Waals surface area contributed by atoms with Crippen molar-refractivity contribution in [3.05, 3.63) is 0 Å². The summed E-state index contributed by atoms with van der Waals surface area (Å²) in [6.45, 7) is 21.2. The molecule has 0 saturated heterocycles. The summed E-state index contributed by atoms with van der Waals surface area (Å²) in [7, 11) is 0. The van der Waals surface area contributed by atoms with Gasteiger partial charge in [-0.15, -0.1) is 0 Å². The van der Waals surface area contributed by atoms with Crippen LogP contribution in [0.15, 0.2) is 0 Å². The lowest BCUT2D eigenvalue weighted by molar-refractivity contribution is -0.169. The van der Waals surface area contributed by atoms with Gasteiger partial charge < -0.3 is 44.4 Å². The fourth-order valence-electron chi connectivity index (χ4n) is 9.58. The van der Waals surface area contributed by atoms with Crippen molar-refractivity contribution in [1.82, 2.24) is 16.0 Å².